The predicted octanol–water partition coefficient (Wildman–Crippen LogP) is 1.45. The van der Waals surface area contributed by atoms with E-state index in [1.807, 2.05) is 25.2 Å². The lowest BCUT2D eigenvalue weighted by Gasteiger charge is -2.18. The highest BCUT2D eigenvalue weighted by molar-refractivity contribution is 5.71. The molecule has 1 heterocycles. The first kappa shape index (κ1) is 9.06. The molecule has 1 aliphatic heterocycles. The number of hydrogen-bond acceptors (Lipinski definition) is 2. The van der Waals surface area contributed by atoms with Gasteiger partial charge in [0, 0.05) is 11.6 Å². The lowest BCUT2D eigenvalue weighted by atomic mass is 9.92. The number of carbonyl (C=O) groups is 1. The minimum atomic E-state index is -0.772. The maximum Gasteiger partial charge on any atom is 0.307 e. The van der Waals surface area contributed by atoms with Crippen molar-refractivity contribution < 1.29 is 9.90 Å². The van der Waals surface area contributed by atoms with Gasteiger partial charge in [-0.25, -0.2) is 0 Å². The zero-order valence-corrected chi connectivity index (χ0v) is 8.03. The third-order valence-electron chi connectivity index (χ3n) is 2.53. The summed E-state index contributed by atoms with van der Waals surface area (Å²) in [7, 11) is 0. The Morgan fingerprint density at radius 1 is 1.57 bits per heavy atom. The zero-order valence-electron chi connectivity index (χ0n) is 8.03. The monoisotopic (exact) mass is 191 g/mol. The molecule has 0 aromatic rings. The van der Waals surface area contributed by atoms with Crippen LogP contribution < -0.4 is 5.32 Å². The van der Waals surface area contributed by atoms with E-state index in [1.54, 1.807) is 0 Å². The number of nitrogens with one attached hydrogen (secondary N) is 1. The average molecular weight is 191 g/mol. The van der Waals surface area contributed by atoms with Crippen LogP contribution in [0.1, 0.15) is 13.3 Å². The first-order valence-electron chi connectivity index (χ1n) is 4.71. The van der Waals surface area contributed by atoms with Crippen LogP contribution in [-0.4, -0.2) is 17.1 Å². The van der Waals surface area contributed by atoms with Gasteiger partial charge in [0.2, 0.25) is 0 Å². The van der Waals surface area contributed by atoms with Crippen LogP contribution in [-0.2, 0) is 4.79 Å². The molecule has 0 aromatic carbocycles. The van der Waals surface area contributed by atoms with Gasteiger partial charge in [0.15, 0.2) is 0 Å². The van der Waals surface area contributed by atoms with E-state index in [1.165, 1.54) is 0 Å². The first-order chi connectivity index (χ1) is 6.65. The molecule has 74 valence electrons. The third-order valence-corrected chi connectivity index (χ3v) is 2.53. The van der Waals surface area contributed by atoms with E-state index in [0.29, 0.717) is 12.0 Å². The highest BCUT2D eigenvalue weighted by atomic mass is 16.4. The number of fused-ring (bicyclic) bond motifs is 1. The molecule has 2 aliphatic rings. The van der Waals surface area contributed by atoms with Crippen LogP contribution in [0.5, 0.6) is 0 Å². The lowest BCUT2D eigenvalue weighted by molar-refractivity contribution is -0.136. The second-order valence-corrected chi connectivity index (χ2v) is 3.77. The predicted molar refractivity (Wildman–Crippen MR) is 53.6 cm³/mol. The number of hydrogen-bond donors (Lipinski definition) is 2. The zero-order chi connectivity index (χ0) is 10.1. The van der Waals surface area contributed by atoms with Crippen molar-refractivity contribution in [3.05, 3.63) is 35.6 Å². The molecule has 0 saturated carbocycles. The van der Waals surface area contributed by atoms with Crippen molar-refractivity contribution in [2.75, 3.05) is 0 Å². The van der Waals surface area contributed by atoms with Crippen LogP contribution in [0.3, 0.4) is 0 Å². The van der Waals surface area contributed by atoms with E-state index in [-0.39, 0.29) is 6.42 Å². The minimum Gasteiger partial charge on any atom is -0.481 e. The maximum absolute atomic E-state index is 10.5. The van der Waals surface area contributed by atoms with Gasteiger partial charge in [-0.15, -0.1) is 0 Å². The highest BCUT2D eigenvalue weighted by Crippen LogP contribution is 2.26. The van der Waals surface area contributed by atoms with Crippen molar-refractivity contribution in [3.63, 3.8) is 0 Å². The fraction of sp³-hybridized carbons (Fsp3) is 0.364. The second kappa shape index (κ2) is 3.33. The molecule has 1 aliphatic carbocycles. The third kappa shape index (κ3) is 1.71. The van der Waals surface area contributed by atoms with Crippen LogP contribution in [0.15, 0.2) is 35.6 Å². The molecular weight excluding hydrogens is 178 g/mol. The normalized spacial score (nSPS) is 28.9. The van der Waals surface area contributed by atoms with Crippen LogP contribution in [0.4, 0.5) is 0 Å². The fourth-order valence-electron chi connectivity index (χ4n) is 1.95. The molecule has 3 heteroatoms. The van der Waals surface area contributed by atoms with Gasteiger partial charge >= 0.3 is 5.97 Å². The first-order valence-corrected chi connectivity index (χ1v) is 4.71. The Hall–Kier alpha value is -1.51. The molecule has 0 bridgehead atoms. The standard InChI is InChI=1S/C11H13NO2/c1-7-4-9-5-8(6-11(13)14)2-3-10(9)12-7/h2-5,9-10,12H,6H2,1H3,(H,13,14). The van der Waals surface area contributed by atoms with Crippen LogP contribution in [0, 0.1) is 5.92 Å². The molecule has 3 nitrogen and oxygen atoms in total. The summed E-state index contributed by atoms with van der Waals surface area (Å²) in [6, 6.07) is 0.326. The number of rotatable bonds is 2. The van der Waals surface area contributed by atoms with Crippen molar-refractivity contribution in [2.24, 2.45) is 5.92 Å². The van der Waals surface area contributed by atoms with Gasteiger partial charge in [-0.2, -0.15) is 0 Å². The van der Waals surface area contributed by atoms with Crippen molar-refractivity contribution >= 4 is 5.97 Å². The summed E-state index contributed by atoms with van der Waals surface area (Å²) in [6.07, 6.45) is 8.22. The molecule has 0 aromatic heterocycles. The SMILES string of the molecule is CC1=CC2C=C(CC(=O)O)C=CC2N1. The van der Waals surface area contributed by atoms with Gasteiger partial charge in [-0.3, -0.25) is 4.79 Å². The Kier molecular flexibility index (Phi) is 2.15. The van der Waals surface area contributed by atoms with Crippen molar-refractivity contribution in [1.29, 1.82) is 0 Å². The molecule has 0 spiro atoms. The molecule has 2 unspecified atom stereocenters. The van der Waals surface area contributed by atoms with Crippen molar-refractivity contribution in [1.82, 2.24) is 5.32 Å². The lowest BCUT2D eigenvalue weighted by Crippen LogP contribution is -2.26. The van der Waals surface area contributed by atoms with Crippen LogP contribution >= 0.6 is 0 Å². The van der Waals surface area contributed by atoms with Crippen LogP contribution in [0.25, 0.3) is 0 Å². The van der Waals surface area contributed by atoms with Gasteiger partial charge in [0.25, 0.3) is 0 Å². The van der Waals surface area contributed by atoms with Gasteiger partial charge < -0.3 is 10.4 Å². The van der Waals surface area contributed by atoms with Gasteiger partial charge in [-0.1, -0.05) is 24.3 Å². The van der Waals surface area contributed by atoms with E-state index in [0.717, 1.165) is 11.3 Å². The summed E-state index contributed by atoms with van der Waals surface area (Å²) < 4.78 is 0. The summed E-state index contributed by atoms with van der Waals surface area (Å²) in [5.41, 5.74) is 2.06. The topological polar surface area (TPSA) is 49.3 Å². The molecule has 2 N–H and O–H groups in total. The Balaban J connectivity index is 2.13. The quantitative estimate of drug-likeness (QED) is 0.694. The van der Waals surface area contributed by atoms with E-state index in [4.69, 9.17) is 5.11 Å². The highest BCUT2D eigenvalue weighted by Gasteiger charge is 2.24. The largest absolute Gasteiger partial charge is 0.481 e. The van der Waals surface area contributed by atoms with Gasteiger partial charge in [-0.05, 0) is 12.5 Å². The number of carboxylic acid groups (broad SMARTS) is 1. The van der Waals surface area contributed by atoms with Gasteiger partial charge in [0.1, 0.15) is 0 Å². The van der Waals surface area contributed by atoms with Crippen molar-refractivity contribution in [3.8, 4) is 0 Å². The molecule has 0 radical (unpaired) electrons. The van der Waals surface area contributed by atoms with E-state index in [9.17, 15) is 4.79 Å². The summed E-state index contributed by atoms with van der Waals surface area (Å²) >= 11 is 0. The molecule has 2 rings (SSSR count). The summed E-state index contributed by atoms with van der Waals surface area (Å²) in [4.78, 5) is 10.5. The summed E-state index contributed by atoms with van der Waals surface area (Å²) in [6.45, 7) is 2.02. The summed E-state index contributed by atoms with van der Waals surface area (Å²) in [5.74, 6) is -0.444. The van der Waals surface area contributed by atoms with E-state index in [2.05, 4.69) is 11.4 Å². The minimum absolute atomic E-state index is 0.118. The Morgan fingerprint density at radius 3 is 3.07 bits per heavy atom. The maximum atomic E-state index is 10.5. The Bertz CT molecular complexity index is 352. The summed E-state index contributed by atoms with van der Waals surface area (Å²) in [5, 5.41) is 12.0. The Labute approximate surface area is 82.8 Å². The number of allylic oxidation sites excluding steroid dienone is 2. The van der Waals surface area contributed by atoms with E-state index < -0.39 is 5.97 Å². The molecule has 0 fully saturated rings. The number of carboxylic acids is 1. The molecule has 0 saturated heterocycles. The molecule has 14 heavy (non-hydrogen) atoms. The van der Waals surface area contributed by atoms with E-state index >= 15 is 0 Å². The number of aliphatic carboxylic acids is 1. The van der Waals surface area contributed by atoms with Crippen molar-refractivity contribution in [2.45, 2.75) is 19.4 Å². The molecule has 0 amide bonds. The fourth-order valence-corrected chi connectivity index (χ4v) is 1.95. The van der Waals surface area contributed by atoms with Gasteiger partial charge in [0.05, 0.1) is 12.5 Å². The molecule has 2 atom stereocenters. The molecular formula is C11H13NO2. The Morgan fingerprint density at radius 2 is 2.36 bits per heavy atom. The average Bonchev–Trinajstić information content (AvgIpc) is 2.42. The second-order valence-electron chi connectivity index (χ2n) is 3.77. The smallest absolute Gasteiger partial charge is 0.307 e. The van der Waals surface area contributed by atoms with Crippen LogP contribution in [0.2, 0.25) is 0 Å².